The van der Waals surface area contributed by atoms with E-state index in [9.17, 15) is 9.59 Å². The number of amides is 1. The average molecular weight is 333 g/mol. The van der Waals surface area contributed by atoms with Gasteiger partial charge in [0.15, 0.2) is 0 Å². The quantitative estimate of drug-likeness (QED) is 0.860. The highest BCUT2D eigenvalue weighted by atomic mass is 16.6. The molecule has 1 amide bonds. The number of benzene rings is 1. The van der Waals surface area contributed by atoms with Crippen molar-refractivity contribution in [3.8, 4) is 0 Å². The van der Waals surface area contributed by atoms with Gasteiger partial charge in [0.25, 0.3) is 0 Å². The van der Waals surface area contributed by atoms with E-state index in [0.717, 1.165) is 18.4 Å². The van der Waals surface area contributed by atoms with Crippen LogP contribution in [0.2, 0.25) is 0 Å². The predicted molar refractivity (Wildman–Crippen MR) is 92.0 cm³/mol. The van der Waals surface area contributed by atoms with Gasteiger partial charge in [-0.15, -0.1) is 0 Å². The fourth-order valence-electron chi connectivity index (χ4n) is 2.93. The van der Waals surface area contributed by atoms with Crippen LogP contribution in [0.3, 0.4) is 0 Å². The molecule has 0 fully saturated rings. The monoisotopic (exact) mass is 333 g/mol. The van der Waals surface area contributed by atoms with Gasteiger partial charge in [-0.05, 0) is 63.1 Å². The van der Waals surface area contributed by atoms with Crippen LogP contribution >= 0.6 is 0 Å². The number of fused-ring (bicyclic) bond motifs is 1. The normalized spacial score (nSPS) is 15.2. The predicted octanol–water partition coefficient (Wildman–Crippen LogP) is 3.17. The number of aryl methyl sites for hydroxylation is 2. The summed E-state index contributed by atoms with van der Waals surface area (Å²) < 4.78 is 10.1. The third kappa shape index (κ3) is 5.25. The van der Waals surface area contributed by atoms with E-state index in [4.69, 9.17) is 9.47 Å². The van der Waals surface area contributed by atoms with Crippen molar-refractivity contribution in [3.05, 3.63) is 34.9 Å². The second-order valence-corrected chi connectivity index (χ2v) is 7.24. The summed E-state index contributed by atoms with van der Waals surface area (Å²) in [7, 11) is 1.32. The lowest BCUT2D eigenvalue weighted by Gasteiger charge is -2.23. The van der Waals surface area contributed by atoms with Gasteiger partial charge in [0, 0.05) is 6.42 Å². The molecule has 1 aliphatic carbocycles. The first kappa shape index (κ1) is 18.3. The van der Waals surface area contributed by atoms with E-state index >= 15 is 0 Å². The van der Waals surface area contributed by atoms with Gasteiger partial charge in [-0.1, -0.05) is 18.2 Å². The number of carbonyl (C=O) groups is 2. The van der Waals surface area contributed by atoms with Gasteiger partial charge in [-0.3, -0.25) is 0 Å². The van der Waals surface area contributed by atoms with Gasteiger partial charge >= 0.3 is 12.1 Å². The van der Waals surface area contributed by atoms with Crippen molar-refractivity contribution in [2.24, 2.45) is 0 Å². The zero-order chi connectivity index (χ0) is 17.7. The molecule has 0 aromatic heterocycles. The van der Waals surface area contributed by atoms with E-state index in [2.05, 4.69) is 17.4 Å². The standard InChI is InChI=1S/C19H27NO4/c1-19(2,3)24-18(22)20-16(17(21)23-4)12-13-9-10-14-7-5-6-8-15(14)11-13/h9-11,16H,5-8,12H2,1-4H3,(H,20,22)/t16-/m0/s1. The maximum atomic E-state index is 12.0. The Hall–Kier alpha value is -2.04. The van der Waals surface area contributed by atoms with E-state index in [1.54, 1.807) is 20.8 Å². The maximum absolute atomic E-state index is 12.0. The molecule has 0 spiro atoms. The zero-order valence-electron chi connectivity index (χ0n) is 15.0. The first-order valence-corrected chi connectivity index (χ1v) is 8.46. The lowest BCUT2D eigenvalue weighted by atomic mass is 9.89. The summed E-state index contributed by atoms with van der Waals surface area (Å²) in [6.07, 6.45) is 4.40. The second-order valence-electron chi connectivity index (χ2n) is 7.24. The molecule has 0 radical (unpaired) electrons. The van der Waals surface area contributed by atoms with Crippen molar-refractivity contribution in [1.82, 2.24) is 5.32 Å². The summed E-state index contributed by atoms with van der Waals surface area (Å²) >= 11 is 0. The van der Waals surface area contributed by atoms with Crippen molar-refractivity contribution in [2.75, 3.05) is 7.11 Å². The summed E-state index contributed by atoms with van der Waals surface area (Å²) in [6.45, 7) is 5.34. The number of ether oxygens (including phenoxy) is 2. The van der Waals surface area contributed by atoms with Gasteiger partial charge in [-0.2, -0.15) is 0 Å². The number of hydrogen-bond acceptors (Lipinski definition) is 4. The number of esters is 1. The van der Waals surface area contributed by atoms with E-state index in [0.29, 0.717) is 6.42 Å². The SMILES string of the molecule is COC(=O)[C@H](Cc1ccc2c(c1)CCCC2)NC(=O)OC(C)(C)C. The number of hydrogen-bond donors (Lipinski definition) is 1. The first-order chi connectivity index (χ1) is 11.3. The van der Waals surface area contributed by atoms with Crippen molar-refractivity contribution in [1.29, 1.82) is 0 Å². The topological polar surface area (TPSA) is 64.6 Å². The Labute approximate surface area is 143 Å². The van der Waals surface area contributed by atoms with Crippen molar-refractivity contribution in [3.63, 3.8) is 0 Å². The minimum Gasteiger partial charge on any atom is -0.467 e. The molecule has 5 heteroatoms. The Balaban J connectivity index is 2.08. The van der Waals surface area contributed by atoms with Crippen LogP contribution in [-0.2, 0) is 33.5 Å². The van der Waals surface area contributed by atoms with Crippen molar-refractivity contribution >= 4 is 12.1 Å². The molecule has 0 heterocycles. The molecule has 5 nitrogen and oxygen atoms in total. The van der Waals surface area contributed by atoms with E-state index in [1.807, 2.05) is 6.07 Å². The van der Waals surface area contributed by atoms with Crippen LogP contribution in [0.4, 0.5) is 4.79 Å². The molecule has 1 N–H and O–H groups in total. The van der Waals surface area contributed by atoms with E-state index < -0.39 is 23.7 Å². The molecule has 0 aliphatic heterocycles. The number of alkyl carbamates (subject to hydrolysis) is 1. The lowest BCUT2D eigenvalue weighted by molar-refractivity contribution is -0.143. The van der Waals surface area contributed by atoms with Crippen molar-refractivity contribution in [2.45, 2.75) is 64.5 Å². The summed E-state index contributed by atoms with van der Waals surface area (Å²) in [4.78, 5) is 24.0. The molecule has 0 unspecified atom stereocenters. The third-order valence-corrected chi connectivity index (χ3v) is 4.03. The molecule has 1 atom stereocenters. The fraction of sp³-hybridized carbons (Fsp3) is 0.579. The molecule has 1 aliphatic rings. The van der Waals surface area contributed by atoms with Gasteiger partial charge in [0.1, 0.15) is 11.6 Å². The maximum Gasteiger partial charge on any atom is 0.408 e. The minimum absolute atomic E-state index is 0.388. The Kier molecular flexibility index (Phi) is 5.86. The summed E-state index contributed by atoms with van der Waals surface area (Å²) in [5, 5.41) is 2.62. The second kappa shape index (κ2) is 7.69. The van der Waals surface area contributed by atoms with E-state index in [-0.39, 0.29) is 0 Å². The molecular formula is C19H27NO4. The van der Waals surface area contributed by atoms with Crippen LogP contribution in [-0.4, -0.2) is 30.8 Å². The summed E-state index contributed by atoms with van der Waals surface area (Å²) in [6, 6.07) is 5.54. The minimum atomic E-state index is -0.758. The number of carbonyl (C=O) groups excluding carboxylic acids is 2. The fourth-order valence-corrected chi connectivity index (χ4v) is 2.93. The van der Waals surface area contributed by atoms with Crippen LogP contribution in [0.15, 0.2) is 18.2 Å². The van der Waals surface area contributed by atoms with Crippen molar-refractivity contribution < 1.29 is 19.1 Å². The summed E-state index contributed by atoms with van der Waals surface area (Å²) in [5.74, 6) is -0.474. The van der Waals surface area contributed by atoms with Crippen LogP contribution < -0.4 is 5.32 Å². The molecule has 24 heavy (non-hydrogen) atoms. The van der Waals surface area contributed by atoms with Crippen LogP contribution in [0.5, 0.6) is 0 Å². The highest BCUT2D eigenvalue weighted by Gasteiger charge is 2.25. The first-order valence-electron chi connectivity index (χ1n) is 8.46. The number of rotatable bonds is 4. The molecule has 0 saturated carbocycles. The van der Waals surface area contributed by atoms with Gasteiger partial charge in [0.2, 0.25) is 0 Å². The van der Waals surface area contributed by atoms with E-state index in [1.165, 1.54) is 31.1 Å². The van der Waals surface area contributed by atoms with Gasteiger partial charge in [0.05, 0.1) is 7.11 Å². The Bertz CT molecular complexity index is 604. The molecule has 132 valence electrons. The molecule has 0 saturated heterocycles. The Morgan fingerprint density at radius 3 is 2.46 bits per heavy atom. The lowest BCUT2D eigenvalue weighted by Crippen LogP contribution is -2.45. The molecule has 1 aromatic rings. The molecule has 2 rings (SSSR count). The van der Waals surface area contributed by atoms with Gasteiger partial charge in [-0.25, -0.2) is 9.59 Å². The third-order valence-electron chi connectivity index (χ3n) is 4.03. The number of nitrogens with one attached hydrogen (secondary N) is 1. The average Bonchev–Trinajstić information content (AvgIpc) is 2.51. The molecular weight excluding hydrogens is 306 g/mol. The smallest absolute Gasteiger partial charge is 0.408 e. The van der Waals surface area contributed by atoms with Gasteiger partial charge < -0.3 is 14.8 Å². The van der Waals surface area contributed by atoms with Crippen LogP contribution in [0, 0.1) is 0 Å². The Morgan fingerprint density at radius 2 is 1.83 bits per heavy atom. The number of methoxy groups -OCH3 is 1. The Morgan fingerprint density at radius 1 is 1.17 bits per heavy atom. The summed E-state index contributed by atoms with van der Waals surface area (Å²) in [5.41, 5.74) is 3.14. The largest absolute Gasteiger partial charge is 0.467 e. The highest BCUT2D eigenvalue weighted by Crippen LogP contribution is 2.23. The molecule has 1 aromatic carbocycles. The van der Waals surface area contributed by atoms with Crippen LogP contribution in [0.1, 0.15) is 50.3 Å². The molecule has 0 bridgehead atoms. The van der Waals surface area contributed by atoms with Crippen LogP contribution in [0.25, 0.3) is 0 Å². The highest BCUT2D eigenvalue weighted by molar-refractivity contribution is 5.81. The zero-order valence-corrected chi connectivity index (χ0v) is 15.0.